The van der Waals surface area contributed by atoms with Crippen LogP contribution in [0.2, 0.25) is 10.0 Å². The Balaban J connectivity index is 1.73. The van der Waals surface area contributed by atoms with Crippen LogP contribution in [0.1, 0.15) is 11.6 Å². The van der Waals surface area contributed by atoms with Gasteiger partial charge < -0.3 is 20.6 Å². The summed E-state index contributed by atoms with van der Waals surface area (Å²) in [5.41, 5.74) is 6.41. The van der Waals surface area contributed by atoms with Gasteiger partial charge in [-0.3, -0.25) is 9.78 Å². The van der Waals surface area contributed by atoms with Gasteiger partial charge in [0.05, 0.1) is 19.8 Å². The Kier molecular flexibility index (Phi) is 5.83. The third-order valence-electron chi connectivity index (χ3n) is 4.73. The van der Waals surface area contributed by atoms with Gasteiger partial charge in [0.1, 0.15) is 11.8 Å². The first-order valence-corrected chi connectivity index (χ1v) is 11.3. The highest BCUT2D eigenvalue weighted by molar-refractivity contribution is 7.91. The minimum absolute atomic E-state index is 0.0583. The van der Waals surface area contributed by atoms with Crippen LogP contribution in [0, 0.1) is 0 Å². The largest absolute Gasteiger partial charge is 0.480 e. The molecule has 0 bridgehead atoms. The molecule has 4 N–H and O–H groups in total. The van der Waals surface area contributed by atoms with Crippen LogP contribution >= 0.6 is 23.2 Å². The molecule has 2 aromatic heterocycles. The molecule has 0 aliphatic carbocycles. The topological polar surface area (TPSA) is 135 Å². The molecule has 11 heteroatoms. The Labute approximate surface area is 192 Å². The van der Waals surface area contributed by atoms with Crippen LogP contribution in [0.3, 0.4) is 0 Å². The number of pyridine rings is 1. The highest BCUT2D eigenvalue weighted by Crippen LogP contribution is 2.40. The summed E-state index contributed by atoms with van der Waals surface area (Å²) >= 11 is 12.5. The molecule has 0 saturated carbocycles. The number of rotatable bonds is 6. The Morgan fingerprint density at radius 3 is 2.38 bits per heavy atom. The summed E-state index contributed by atoms with van der Waals surface area (Å²) in [6, 6.07) is 9.07. The molecular formula is C21H15Cl2N3O5S. The maximum atomic E-state index is 13.1. The number of aromatic amines is 1. The zero-order valence-electron chi connectivity index (χ0n) is 16.1. The van der Waals surface area contributed by atoms with E-state index in [2.05, 4.69) is 9.97 Å². The van der Waals surface area contributed by atoms with E-state index in [-0.39, 0.29) is 36.9 Å². The smallest absolute Gasteiger partial charge is 0.325 e. The Bertz CT molecular complexity index is 1420. The van der Waals surface area contributed by atoms with Crippen molar-refractivity contribution in [3.63, 3.8) is 0 Å². The monoisotopic (exact) mass is 491 g/mol. The quantitative estimate of drug-likeness (QED) is 0.359. The Morgan fingerprint density at radius 1 is 1.09 bits per heavy atom. The average molecular weight is 492 g/mol. The summed E-state index contributed by atoms with van der Waals surface area (Å²) in [5, 5.41) is 9.61. The molecular weight excluding hydrogens is 477 g/mol. The number of nitrogens with zero attached hydrogens (tertiary/aromatic N) is 1. The lowest BCUT2D eigenvalue weighted by atomic mass is 10.1. The normalized spacial score (nSPS) is 12.6. The number of H-pyrrole nitrogens is 1. The lowest BCUT2D eigenvalue weighted by molar-refractivity contribution is -0.138. The van der Waals surface area contributed by atoms with Crippen molar-refractivity contribution in [2.45, 2.75) is 15.8 Å². The minimum atomic E-state index is -3.80. The van der Waals surface area contributed by atoms with Crippen LogP contribution in [0.25, 0.3) is 10.9 Å². The number of carboxylic acids is 1. The predicted octanol–water partition coefficient (Wildman–Crippen LogP) is 4.58. The second-order valence-electron chi connectivity index (χ2n) is 6.78. The number of carboxylic acid groups (broad SMARTS) is 1. The average Bonchev–Trinajstić information content (AvgIpc) is 3.20. The lowest BCUT2D eigenvalue weighted by Gasteiger charge is -2.13. The summed E-state index contributed by atoms with van der Waals surface area (Å²) in [6.45, 7) is 0. The standard InChI is InChI=1S/C21H15Cl2N3O5S/c22-15-7-11(19(24)21(27)28)8-16(23)20(15)31-12-1-2-17-14(9-12)18(10-26-17)32(29,30)13-3-5-25-6-4-13/h1-10,19,26H,24H2,(H,27,28)/t19-/m0/s1. The van der Waals surface area contributed by atoms with Gasteiger partial charge >= 0.3 is 5.97 Å². The van der Waals surface area contributed by atoms with E-state index in [0.29, 0.717) is 10.9 Å². The molecule has 4 rings (SSSR count). The molecule has 2 aromatic carbocycles. The first kappa shape index (κ1) is 22.1. The number of aliphatic carboxylic acids is 1. The number of ether oxygens (including phenoxy) is 1. The van der Waals surface area contributed by atoms with Gasteiger partial charge in [0.15, 0.2) is 5.75 Å². The number of sulfone groups is 1. The fourth-order valence-electron chi connectivity index (χ4n) is 3.12. The SMILES string of the molecule is N[C@H](C(=O)O)c1cc(Cl)c(Oc2ccc3[nH]cc(S(=O)(=O)c4ccncc4)c3c2)c(Cl)c1. The molecule has 0 aliphatic heterocycles. The van der Waals surface area contributed by atoms with E-state index in [1.165, 1.54) is 42.9 Å². The molecule has 8 nitrogen and oxygen atoms in total. The summed E-state index contributed by atoms with van der Waals surface area (Å²) in [7, 11) is -3.80. The molecule has 0 aliphatic rings. The van der Waals surface area contributed by atoms with E-state index in [0.717, 1.165) is 0 Å². The van der Waals surface area contributed by atoms with Crippen molar-refractivity contribution in [3.05, 3.63) is 76.7 Å². The Hall–Kier alpha value is -3.11. The fourth-order valence-corrected chi connectivity index (χ4v) is 5.11. The molecule has 2 heterocycles. The fraction of sp³-hybridized carbons (Fsp3) is 0.0476. The van der Waals surface area contributed by atoms with Gasteiger partial charge in [0, 0.05) is 29.5 Å². The van der Waals surface area contributed by atoms with Gasteiger partial charge in [-0.05, 0) is 48.0 Å². The molecule has 164 valence electrons. The Morgan fingerprint density at radius 2 is 1.75 bits per heavy atom. The highest BCUT2D eigenvalue weighted by Gasteiger charge is 2.23. The van der Waals surface area contributed by atoms with E-state index >= 15 is 0 Å². The first-order chi connectivity index (χ1) is 15.2. The van der Waals surface area contributed by atoms with Crippen molar-refractivity contribution in [1.82, 2.24) is 9.97 Å². The van der Waals surface area contributed by atoms with Crippen molar-refractivity contribution < 1.29 is 23.1 Å². The van der Waals surface area contributed by atoms with Crippen molar-refractivity contribution >= 4 is 49.9 Å². The second kappa shape index (κ2) is 8.44. The van der Waals surface area contributed by atoms with Gasteiger partial charge in [0.2, 0.25) is 9.84 Å². The molecule has 4 aromatic rings. The van der Waals surface area contributed by atoms with E-state index in [4.69, 9.17) is 38.8 Å². The third kappa shape index (κ3) is 4.03. The minimum Gasteiger partial charge on any atom is -0.480 e. The predicted molar refractivity (Wildman–Crippen MR) is 119 cm³/mol. The van der Waals surface area contributed by atoms with Crippen LogP contribution in [0.15, 0.2) is 70.8 Å². The van der Waals surface area contributed by atoms with Crippen LogP contribution in [0.4, 0.5) is 0 Å². The number of carbonyl (C=O) groups is 1. The lowest BCUT2D eigenvalue weighted by Crippen LogP contribution is -2.20. The van der Waals surface area contributed by atoms with Crippen LogP contribution in [-0.4, -0.2) is 29.5 Å². The number of halogens is 2. The van der Waals surface area contributed by atoms with Gasteiger partial charge in [-0.25, -0.2) is 8.42 Å². The number of aromatic nitrogens is 2. The maximum Gasteiger partial charge on any atom is 0.325 e. The number of nitrogens with two attached hydrogens (primary N) is 1. The molecule has 0 fully saturated rings. The molecule has 0 amide bonds. The number of hydrogen-bond donors (Lipinski definition) is 3. The van der Waals surface area contributed by atoms with Crippen LogP contribution in [0.5, 0.6) is 11.5 Å². The van der Waals surface area contributed by atoms with Crippen molar-refractivity contribution in [3.8, 4) is 11.5 Å². The first-order valence-electron chi connectivity index (χ1n) is 9.10. The van der Waals surface area contributed by atoms with Crippen LogP contribution in [-0.2, 0) is 14.6 Å². The van der Waals surface area contributed by atoms with Crippen molar-refractivity contribution in [1.29, 1.82) is 0 Å². The van der Waals surface area contributed by atoms with E-state index in [1.807, 2.05) is 0 Å². The zero-order valence-corrected chi connectivity index (χ0v) is 18.4. The molecule has 0 radical (unpaired) electrons. The van der Waals surface area contributed by atoms with E-state index in [1.54, 1.807) is 18.2 Å². The van der Waals surface area contributed by atoms with E-state index < -0.39 is 21.8 Å². The molecule has 32 heavy (non-hydrogen) atoms. The van der Waals surface area contributed by atoms with Gasteiger partial charge in [0.25, 0.3) is 0 Å². The van der Waals surface area contributed by atoms with Crippen LogP contribution < -0.4 is 10.5 Å². The van der Waals surface area contributed by atoms with Gasteiger partial charge in [-0.15, -0.1) is 0 Å². The molecule has 0 spiro atoms. The number of fused-ring (bicyclic) bond motifs is 1. The van der Waals surface area contributed by atoms with Gasteiger partial charge in [-0.2, -0.15) is 0 Å². The van der Waals surface area contributed by atoms with E-state index in [9.17, 15) is 13.2 Å². The molecule has 0 saturated heterocycles. The molecule has 0 unspecified atom stereocenters. The number of nitrogens with one attached hydrogen (secondary N) is 1. The summed E-state index contributed by atoms with van der Waals surface area (Å²) in [4.78, 5) is 18.1. The highest BCUT2D eigenvalue weighted by atomic mass is 35.5. The van der Waals surface area contributed by atoms with Crippen molar-refractivity contribution in [2.75, 3.05) is 0 Å². The van der Waals surface area contributed by atoms with Gasteiger partial charge in [-0.1, -0.05) is 23.2 Å². The summed E-state index contributed by atoms with van der Waals surface area (Å²) in [5.74, 6) is -0.864. The maximum absolute atomic E-state index is 13.1. The number of benzene rings is 2. The summed E-state index contributed by atoms with van der Waals surface area (Å²) in [6.07, 6.45) is 4.21. The van der Waals surface area contributed by atoms with Crippen molar-refractivity contribution in [2.24, 2.45) is 5.73 Å². The second-order valence-corrected chi connectivity index (χ2v) is 9.51. The zero-order chi connectivity index (χ0) is 23.0. The third-order valence-corrected chi connectivity index (χ3v) is 7.10. The number of hydrogen-bond acceptors (Lipinski definition) is 6. The summed E-state index contributed by atoms with van der Waals surface area (Å²) < 4.78 is 31.9. The molecule has 1 atom stereocenters.